The maximum absolute atomic E-state index is 13.9. The number of amidine groups is 2. The molecule has 0 radical (unpaired) electrons. The van der Waals surface area contributed by atoms with Crippen LogP contribution in [-0.2, 0) is 5.60 Å². The molecule has 3 N–H and O–H groups in total. The molecule has 3 heterocycles. The number of halogens is 2. The molecule has 1 aromatic heterocycles. The van der Waals surface area contributed by atoms with Gasteiger partial charge >= 0.3 is 0 Å². The summed E-state index contributed by atoms with van der Waals surface area (Å²) < 4.78 is 27.2. The van der Waals surface area contributed by atoms with Crippen molar-refractivity contribution in [1.29, 1.82) is 0 Å². The number of rotatable bonds is 3. The Hall–Kier alpha value is -3.07. The molecule has 9 heteroatoms. The number of alkyl halides is 1. The second-order valence-corrected chi connectivity index (χ2v) is 6.67. The fourth-order valence-electron chi connectivity index (χ4n) is 2.98. The number of aliphatic hydroxyl groups is 1. The molecule has 2 atom stereocenters. The van der Waals surface area contributed by atoms with E-state index in [-0.39, 0.29) is 18.2 Å². The van der Waals surface area contributed by atoms with E-state index in [0.29, 0.717) is 17.1 Å². The van der Waals surface area contributed by atoms with Crippen molar-refractivity contribution in [2.24, 2.45) is 9.98 Å². The zero-order chi connectivity index (χ0) is 19.2. The molecule has 0 saturated heterocycles. The monoisotopic (exact) mass is 372 g/mol. The van der Waals surface area contributed by atoms with Gasteiger partial charge in [-0.1, -0.05) is 12.1 Å². The normalized spacial score (nSPS) is 22.8. The lowest BCUT2D eigenvalue weighted by atomic mass is 9.94. The van der Waals surface area contributed by atoms with E-state index in [2.05, 4.69) is 25.6 Å². The van der Waals surface area contributed by atoms with Crippen LogP contribution < -0.4 is 5.43 Å². The van der Waals surface area contributed by atoms with Gasteiger partial charge in [0.1, 0.15) is 23.3 Å². The van der Waals surface area contributed by atoms with Crippen LogP contribution in [0, 0.1) is 12.7 Å². The van der Waals surface area contributed by atoms with E-state index in [4.69, 9.17) is 0 Å². The Morgan fingerprint density at radius 1 is 1.33 bits per heavy atom. The van der Waals surface area contributed by atoms with Gasteiger partial charge in [-0.15, -0.1) is 0 Å². The highest BCUT2D eigenvalue weighted by Gasteiger charge is 2.38. The summed E-state index contributed by atoms with van der Waals surface area (Å²) in [7, 11) is 0. The van der Waals surface area contributed by atoms with Gasteiger partial charge in [-0.25, -0.2) is 18.8 Å². The molecule has 0 amide bonds. The van der Waals surface area contributed by atoms with E-state index in [0.717, 1.165) is 5.69 Å². The number of hydrogen-bond donors (Lipinski definition) is 3. The number of nitrogens with zero attached hydrogens (tertiary/aromatic N) is 4. The SMILES string of the molecule is Cc1cc(N=C2N=C(C(C)(O)c3ccc(F)cc3)NN3CC(F)C=C23)n[nH]1. The Morgan fingerprint density at radius 2 is 2.07 bits per heavy atom. The van der Waals surface area contributed by atoms with Gasteiger partial charge in [-0.05, 0) is 37.6 Å². The van der Waals surface area contributed by atoms with Crippen molar-refractivity contribution in [3.05, 3.63) is 59.2 Å². The van der Waals surface area contributed by atoms with E-state index in [9.17, 15) is 13.9 Å². The highest BCUT2D eigenvalue weighted by atomic mass is 19.1. The fourth-order valence-corrected chi connectivity index (χ4v) is 2.98. The summed E-state index contributed by atoms with van der Waals surface area (Å²) in [6.07, 6.45) is 0.224. The molecule has 0 saturated carbocycles. The third kappa shape index (κ3) is 3.21. The molecule has 0 aliphatic carbocycles. The maximum atomic E-state index is 13.9. The van der Waals surface area contributed by atoms with Crippen molar-refractivity contribution in [1.82, 2.24) is 20.6 Å². The third-order valence-electron chi connectivity index (χ3n) is 4.45. The molecule has 2 aliphatic heterocycles. The van der Waals surface area contributed by atoms with E-state index < -0.39 is 17.6 Å². The molecule has 0 bridgehead atoms. The van der Waals surface area contributed by atoms with Crippen LogP contribution in [0.25, 0.3) is 0 Å². The van der Waals surface area contributed by atoms with Crippen molar-refractivity contribution in [2.45, 2.75) is 25.6 Å². The van der Waals surface area contributed by atoms with Crippen LogP contribution in [0.4, 0.5) is 14.6 Å². The number of hydrogen-bond acceptors (Lipinski definition) is 5. The second-order valence-electron chi connectivity index (χ2n) is 6.67. The number of H-pyrrole nitrogens is 1. The van der Waals surface area contributed by atoms with Crippen molar-refractivity contribution in [3.63, 3.8) is 0 Å². The minimum atomic E-state index is -1.56. The highest BCUT2D eigenvalue weighted by molar-refractivity contribution is 6.11. The van der Waals surface area contributed by atoms with Gasteiger partial charge in [0.05, 0.1) is 6.54 Å². The summed E-state index contributed by atoms with van der Waals surface area (Å²) in [4.78, 5) is 8.80. The molecule has 27 heavy (non-hydrogen) atoms. The smallest absolute Gasteiger partial charge is 0.181 e. The van der Waals surface area contributed by atoms with Crippen molar-refractivity contribution in [2.75, 3.05) is 6.54 Å². The maximum Gasteiger partial charge on any atom is 0.181 e. The summed E-state index contributed by atoms with van der Waals surface area (Å²) in [5.74, 6) is 0.385. The lowest BCUT2D eigenvalue weighted by molar-refractivity contribution is 0.119. The molecule has 2 unspecified atom stereocenters. The second kappa shape index (κ2) is 6.27. The first-order valence-electron chi connectivity index (χ1n) is 8.41. The van der Waals surface area contributed by atoms with Gasteiger partial charge in [-0.3, -0.25) is 15.5 Å². The Balaban J connectivity index is 1.77. The Labute approximate surface area is 154 Å². The molecule has 4 rings (SSSR count). The quantitative estimate of drug-likeness (QED) is 0.771. The Kier molecular flexibility index (Phi) is 4.03. The number of fused-ring (bicyclic) bond motifs is 1. The summed E-state index contributed by atoms with van der Waals surface area (Å²) >= 11 is 0. The molecular weight excluding hydrogens is 354 g/mol. The van der Waals surface area contributed by atoms with Gasteiger partial charge in [0.15, 0.2) is 17.5 Å². The number of aromatic amines is 1. The highest BCUT2D eigenvalue weighted by Crippen LogP contribution is 2.28. The minimum absolute atomic E-state index is 0.0620. The van der Waals surface area contributed by atoms with Gasteiger partial charge in [0, 0.05) is 11.8 Å². The first-order chi connectivity index (χ1) is 12.8. The minimum Gasteiger partial charge on any atom is -0.377 e. The molecule has 140 valence electrons. The van der Waals surface area contributed by atoms with Crippen molar-refractivity contribution >= 4 is 17.5 Å². The van der Waals surface area contributed by atoms with Gasteiger partial charge in [0.2, 0.25) is 0 Å². The topological polar surface area (TPSA) is 88.9 Å². The predicted octanol–water partition coefficient (Wildman–Crippen LogP) is 2.25. The van der Waals surface area contributed by atoms with E-state index in [1.807, 2.05) is 6.92 Å². The summed E-state index contributed by atoms with van der Waals surface area (Å²) in [5.41, 5.74) is 3.12. The van der Waals surface area contributed by atoms with E-state index in [1.54, 1.807) is 11.1 Å². The molecule has 2 aliphatic rings. The number of aromatic nitrogens is 2. The standard InChI is InChI=1S/C18H18F2N6O/c1-10-7-15(24-23-10)21-16-14-8-13(20)9-26(14)25-17(22-16)18(2,27)11-3-5-12(19)6-4-11/h3-8,13,27H,9H2,1-2H3,(H2,21,22,23,24,25). The van der Waals surface area contributed by atoms with Crippen molar-refractivity contribution in [3.8, 4) is 0 Å². The number of nitrogens with one attached hydrogen (secondary N) is 2. The van der Waals surface area contributed by atoms with Crippen LogP contribution in [0.15, 0.2) is 52.1 Å². The van der Waals surface area contributed by atoms with Crippen LogP contribution in [0.5, 0.6) is 0 Å². The number of hydrazine groups is 1. The van der Waals surface area contributed by atoms with Crippen molar-refractivity contribution < 1.29 is 13.9 Å². The van der Waals surface area contributed by atoms with Gasteiger partial charge < -0.3 is 5.11 Å². The molecule has 1 aromatic carbocycles. The summed E-state index contributed by atoms with van der Waals surface area (Å²) in [5, 5.41) is 19.4. The number of benzene rings is 1. The molecule has 0 spiro atoms. The van der Waals surface area contributed by atoms with Crippen LogP contribution in [0.1, 0.15) is 18.2 Å². The largest absolute Gasteiger partial charge is 0.377 e. The van der Waals surface area contributed by atoms with Gasteiger partial charge in [0.25, 0.3) is 0 Å². The molecule has 2 aromatic rings. The third-order valence-corrected chi connectivity index (χ3v) is 4.45. The Bertz CT molecular complexity index is 960. The first kappa shape index (κ1) is 17.3. The van der Waals surface area contributed by atoms with E-state index in [1.165, 1.54) is 37.3 Å². The number of aliphatic imine (C=N–C) groups is 2. The van der Waals surface area contributed by atoms with Crippen LogP contribution in [0.3, 0.4) is 0 Å². The first-order valence-corrected chi connectivity index (χ1v) is 8.41. The van der Waals surface area contributed by atoms with Crippen LogP contribution in [-0.4, -0.2) is 44.7 Å². The lowest BCUT2D eigenvalue weighted by Gasteiger charge is -2.35. The zero-order valence-electron chi connectivity index (χ0n) is 14.7. The summed E-state index contributed by atoms with van der Waals surface area (Å²) in [6.45, 7) is 3.43. The molecule has 0 fully saturated rings. The average molecular weight is 372 g/mol. The van der Waals surface area contributed by atoms with Gasteiger partial charge in [-0.2, -0.15) is 5.10 Å². The summed E-state index contributed by atoms with van der Waals surface area (Å²) in [6, 6.07) is 7.19. The zero-order valence-corrected chi connectivity index (χ0v) is 14.7. The fraction of sp³-hybridized carbons (Fsp3) is 0.278. The van der Waals surface area contributed by atoms with Crippen LogP contribution >= 0.6 is 0 Å². The Morgan fingerprint density at radius 3 is 2.74 bits per heavy atom. The van der Waals surface area contributed by atoms with Crippen LogP contribution in [0.2, 0.25) is 0 Å². The van der Waals surface area contributed by atoms with E-state index >= 15 is 0 Å². The average Bonchev–Trinajstić information content (AvgIpc) is 3.20. The number of aryl methyl sites for hydroxylation is 1. The predicted molar refractivity (Wildman–Crippen MR) is 96.6 cm³/mol. The molecule has 7 nitrogen and oxygen atoms in total. The lowest BCUT2D eigenvalue weighted by Crippen LogP contribution is -2.54. The molecular formula is C18H18F2N6O.